The van der Waals surface area contributed by atoms with Crippen molar-refractivity contribution in [2.45, 2.75) is 22.8 Å². The summed E-state index contributed by atoms with van der Waals surface area (Å²) < 4.78 is 31.5. The van der Waals surface area contributed by atoms with Crippen LogP contribution < -0.4 is 4.72 Å². The van der Waals surface area contributed by atoms with Crippen LogP contribution in [0.2, 0.25) is 0 Å². The Bertz CT molecular complexity index is 703. The van der Waals surface area contributed by atoms with Gasteiger partial charge in [-0.3, -0.25) is 0 Å². The van der Waals surface area contributed by atoms with Gasteiger partial charge in [-0.2, -0.15) is 0 Å². The van der Waals surface area contributed by atoms with Crippen molar-refractivity contribution in [2.24, 2.45) is 0 Å². The van der Waals surface area contributed by atoms with Crippen LogP contribution in [0.1, 0.15) is 12.0 Å². The van der Waals surface area contributed by atoms with Gasteiger partial charge in [-0.15, -0.1) is 0 Å². The number of ether oxygens (including phenoxy) is 1. The van der Waals surface area contributed by atoms with E-state index in [1.165, 1.54) is 0 Å². The Morgan fingerprint density at radius 3 is 2.48 bits per heavy atom. The fourth-order valence-electron chi connectivity index (χ4n) is 2.02. The molecular weight excluding hydrogens is 330 g/mol. The molecule has 0 aliphatic rings. The van der Waals surface area contributed by atoms with E-state index in [2.05, 4.69) is 4.72 Å². The molecule has 0 saturated carbocycles. The molecule has 0 amide bonds. The summed E-state index contributed by atoms with van der Waals surface area (Å²) >= 11 is 1.63. The smallest absolute Gasteiger partial charge is 0.211 e. The van der Waals surface area contributed by atoms with Crippen LogP contribution in [0.4, 0.5) is 0 Å². The second-order valence-electron chi connectivity index (χ2n) is 5.01. The summed E-state index contributed by atoms with van der Waals surface area (Å²) in [6, 6.07) is 17.9. The van der Waals surface area contributed by atoms with Gasteiger partial charge >= 0.3 is 0 Å². The quantitative estimate of drug-likeness (QED) is 0.704. The predicted molar refractivity (Wildman–Crippen MR) is 94.1 cm³/mol. The van der Waals surface area contributed by atoms with Crippen molar-refractivity contribution in [1.82, 2.24) is 4.72 Å². The minimum absolute atomic E-state index is 0.0782. The van der Waals surface area contributed by atoms with Crippen LogP contribution in [0.5, 0.6) is 0 Å². The molecule has 0 spiro atoms. The molecule has 2 aromatic carbocycles. The molecule has 2 rings (SSSR count). The summed E-state index contributed by atoms with van der Waals surface area (Å²) in [7, 11) is -1.71. The zero-order valence-corrected chi connectivity index (χ0v) is 14.7. The largest absolute Gasteiger partial charge is 0.385 e. The van der Waals surface area contributed by atoms with Crippen molar-refractivity contribution in [3.8, 4) is 0 Å². The molecule has 0 atom stereocenters. The van der Waals surface area contributed by atoms with Crippen LogP contribution in [-0.2, 0) is 21.3 Å². The lowest BCUT2D eigenvalue weighted by molar-refractivity contribution is 0.199. The Hall–Kier alpha value is -1.34. The van der Waals surface area contributed by atoms with Gasteiger partial charge < -0.3 is 4.74 Å². The van der Waals surface area contributed by atoms with Gasteiger partial charge in [0.25, 0.3) is 0 Å². The molecule has 4 nitrogen and oxygen atoms in total. The van der Waals surface area contributed by atoms with E-state index in [0.717, 1.165) is 15.4 Å². The molecule has 23 heavy (non-hydrogen) atoms. The first kappa shape index (κ1) is 18.0. The minimum Gasteiger partial charge on any atom is -0.385 e. The van der Waals surface area contributed by atoms with Crippen LogP contribution in [0.15, 0.2) is 64.4 Å². The second kappa shape index (κ2) is 9.08. The molecule has 124 valence electrons. The lowest BCUT2D eigenvalue weighted by Crippen LogP contribution is -2.26. The fourth-order valence-corrected chi connectivity index (χ4v) is 4.00. The summed E-state index contributed by atoms with van der Waals surface area (Å²) in [4.78, 5) is 2.18. The Labute approximate surface area is 142 Å². The molecule has 6 heteroatoms. The number of methoxy groups -OCH3 is 1. The van der Waals surface area contributed by atoms with E-state index in [9.17, 15) is 8.42 Å². The first-order valence-corrected chi connectivity index (χ1v) is 9.85. The van der Waals surface area contributed by atoms with Crippen molar-refractivity contribution in [1.29, 1.82) is 0 Å². The van der Waals surface area contributed by atoms with E-state index in [-0.39, 0.29) is 5.75 Å². The van der Waals surface area contributed by atoms with Crippen molar-refractivity contribution in [2.75, 3.05) is 19.5 Å². The molecule has 0 fully saturated rings. The van der Waals surface area contributed by atoms with Gasteiger partial charge in [0.05, 0.1) is 5.75 Å². The van der Waals surface area contributed by atoms with E-state index in [4.69, 9.17) is 4.74 Å². The Morgan fingerprint density at radius 2 is 1.74 bits per heavy atom. The van der Waals surface area contributed by atoms with Crippen molar-refractivity contribution < 1.29 is 13.2 Å². The first-order chi connectivity index (χ1) is 11.1. The van der Waals surface area contributed by atoms with E-state index in [1.807, 2.05) is 54.6 Å². The van der Waals surface area contributed by atoms with Gasteiger partial charge in [0.1, 0.15) is 0 Å². The Morgan fingerprint density at radius 1 is 1.04 bits per heavy atom. The van der Waals surface area contributed by atoms with E-state index in [0.29, 0.717) is 19.6 Å². The molecule has 2 aromatic rings. The van der Waals surface area contributed by atoms with Gasteiger partial charge in [-0.1, -0.05) is 48.2 Å². The first-order valence-electron chi connectivity index (χ1n) is 7.38. The Balaban J connectivity index is 2.00. The number of hydrogen-bond acceptors (Lipinski definition) is 4. The molecule has 0 heterocycles. The normalized spacial score (nSPS) is 11.5. The fraction of sp³-hybridized carbons (Fsp3) is 0.294. The number of sulfonamides is 1. The summed E-state index contributed by atoms with van der Waals surface area (Å²) in [5.41, 5.74) is 0.969. The zero-order chi connectivity index (χ0) is 16.5. The molecule has 0 radical (unpaired) electrons. The molecule has 0 aliphatic carbocycles. The maximum Gasteiger partial charge on any atom is 0.211 e. The number of hydrogen-bond donors (Lipinski definition) is 1. The summed E-state index contributed by atoms with van der Waals surface area (Å²) in [6.45, 7) is 0.743. The SMILES string of the molecule is COCCCS(=O)(=O)NCc1ccccc1Sc1ccccc1. The number of rotatable bonds is 9. The number of nitrogens with one attached hydrogen (secondary N) is 1. The lowest BCUT2D eigenvalue weighted by atomic mass is 10.2. The van der Waals surface area contributed by atoms with Gasteiger partial charge in [0.2, 0.25) is 10.0 Å². The third-order valence-electron chi connectivity index (χ3n) is 3.19. The minimum atomic E-state index is -3.28. The van der Waals surface area contributed by atoms with Crippen LogP contribution in [0.25, 0.3) is 0 Å². The average Bonchev–Trinajstić information content (AvgIpc) is 2.55. The maximum absolute atomic E-state index is 12.0. The van der Waals surface area contributed by atoms with Crippen LogP contribution in [0, 0.1) is 0 Å². The molecule has 1 N–H and O–H groups in total. The molecular formula is C17H21NO3S2. The van der Waals surface area contributed by atoms with E-state index >= 15 is 0 Å². The third kappa shape index (κ3) is 6.35. The molecule has 0 aromatic heterocycles. The van der Waals surface area contributed by atoms with Crippen molar-refractivity contribution in [3.05, 3.63) is 60.2 Å². The predicted octanol–water partition coefficient (Wildman–Crippen LogP) is 3.29. The zero-order valence-electron chi connectivity index (χ0n) is 13.1. The standard InChI is InChI=1S/C17H21NO3S2/c1-21-12-7-13-23(19,20)18-14-15-8-5-6-11-17(15)22-16-9-3-2-4-10-16/h2-6,8-11,18H,7,12-14H2,1H3. The van der Waals surface area contributed by atoms with Crippen LogP contribution in [-0.4, -0.2) is 27.9 Å². The highest BCUT2D eigenvalue weighted by Crippen LogP contribution is 2.30. The van der Waals surface area contributed by atoms with E-state index in [1.54, 1.807) is 18.9 Å². The summed E-state index contributed by atoms with van der Waals surface area (Å²) in [6.07, 6.45) is 0.492. The molecule has 0 bridgehead atoms. The monoisotopic (exact) mass is 351 g/mol. The molecule has 0 aliphatic heterocycles. The van der Waals surface area contributed by atoms with E-state index < -0.39 is 10.0 Å². The third-order valence-corrected chi connectivity index (χ3v) is 5.72. The lowest BCUT2D eigenvalue weighted by Gasteiger charge is -2.11. The second-order valence-corrected chi connectivity index (χ2v) is 8.05. The van der Waals surface area contributed by atoms with Gasteiger partial charge in [0.15, 0.2) is 0 Å². The van der Waals surface area contributed by atoms with Crippen molar-refractivity contribution >= 4 is 21.8 Å². The highest BCUT2D eigenvalue weighted by atomic mass is 32.2. The van der Waals surface area contributed by atoms with Crippen LogP contribution in [0.3, 0.4) is 0 Å². The highest BCUT2D eigenvalue weighted by Gasteiger charge is 2.11. The van der Waals surface area contributed by atoms with Gasteiger partial charge in [0, 0.05) is 30.1 Å². The summed E-state index contributed by atoms with van der Waals surface area (Å²) in [5, 5.41) is 0. The van der Waals surface area contributed by atoms with Gasteiger partial charge in [-0.25, -0.2) is 13.1 Å². The molecule has 0 unspecified atom stereocenters. The maximum atomic E-state index is 12.0. The Kier molecular flexibility index (Phi) is 7.11. The van der Waals surface area contributed by atoms with Crippen LogP contribution >= 0.6 is 11.8 Å². The summed E-state index contributed by atoms with van der Waals surface area (Å²) in [5.74, 6) is 0.0782. The average molecular weight is 351 g/mol. The number of benzene rings is 2. The van der Waals surface area contributed by atoms with Gasteiger partial charge in [-0.05, 0) is 30.2 Å². The topological polar surface area (TPSA) is 55.4 Å². The molecule has 0 saturated heterocycles. The highest BCUT2D eigenvalue weighted by molar-refractivity contribution is 7.99. The van der Waals surface area contributed by atoms with Crippen molar-refractivity contribution in [3.63, 3.8) is 0 Å².